The van der Waals surface area contributed by atoms with E-state index in [0.717, 1.165) is 19.4 Å². The maximum atomic E-state index is 12.2. The van der Waals surface area contributed by atoms with Crippen molar-refractivity contribution in [2.45, 2.75) is 31.9 Å². The second kappa shape index (κ2) is 7.67. The number of morpholine rings is 1. The van der Waals surface area contributed by atoms with E-state index in [1.807, 2.05) is 4.90 Å². The molecule has 2 unspecified atom stereocenters. The molecule has 0 bridgehead atoms. The van der Waals surface area contributed by atoms with Crippen LogP contribution in [-0.4, -0.2) is 61.6 Å². The summed E-state index contributed by atoms with van der Waals surface area (Å²) in [5.74, 6) is 0.100. The van der Waals surface area contributed by atoms with Gasteiger partial charge >= 0.3 is 0 Å². The molecule has 0 spiro atoms. The fourth-order valence-electron chi connectivity index (χ4n) is 2.42. The Bertz CT molecular complexity index is 321. The van der Waals surface area contributed by atoms with Crippen molar-refractivity contribution in [1.29, 1.82) is 0 Å². The van der Waals surface area contributed by atoms with Crippen LogP contribution in [-0.2, 0) is 14.3 Å². The third kappa shape index (κ3) is 4.63. The molecule has 2 aliphatic heterocycles. The van der Waals surface area contributed by atoms with Gasteiger partial charge in [-0.25, -0.2) is 0 Å². The molecule has 2 N–H and O–H groups in total. The standard InChI is InChI=1S/C12H21N3O3.ClH/c1-9(16)14-7-10-8-15(5-6-18-10)12(17)11-3-2-4-13-11;/h10-11,13H,2-8H2,1H3,(H,14,16);1H. The van der Waals surface area contributed by atoms with Gasteiger partial charge in [-0.1, -0.05) is 0 Å². The van der Waals surface area contributed by atoms with Gasteiger partial charge in [-0.15, -0.1) is 12.4 Å². The number of rotatable bonds is 3. The van der Waals surface area contributed by atoms with Crippen LogP contribution in [0.15, 0.2) is 0 Å². The summed E-state index contributed by atoms with van der Waals surface area (Å²) < 4.78 is 5.54. The molecule has 0 saturated carbocycles. The van der Waals surface area contributed by atoms with E-state index in [2.05, 4.69) is 10.6 Å². The van der Waals surface area contributed by atoms with Crippen molar-refractivity contribution in [1.82, 2.24) is 15.5 Å². The smallest absolute Gasteiger partial charge is 0.239 e. The summed E-state index contributed by atoms with van der Waals surface area (Å²) in [4.78, 5) is 24.9. The van der Waals surface area contributed by atoms with E-state index in [9.17, 15) is 9.59 Å². The summed E-state index contributed by atoms with van der Waals surface area (Å²) >= 11 is 0. The highest BCUT2D eigenvalue weighted by atomic mass is 35.5. The first kappa shape index (κ1) is 16.2. The van der Waals surface area contributed by atoms with E-state index in [-0.39, 0.29) is 36.4 Å². The van der Waals surface area contributed by atoms with Gasteiger partial charge in [-0.3, -0.25) is 9.59 Å². The van der Waals surface area contributed by atoms with Crippen molar-refractivity contribution < 1.29 is 14.3 Å². The molecular formula is C12H22ClN3O3. The quantitative estimate of drug-likeness (QED) is 0.737. The SMILES string of the molecule is CC(=O)NCC1CN(C(=O)C2CCCN2)CCO1.Cl. The van der Waals surface area contributed by atoms with E-state index < -0.39 is 0 Å². The van der Waals surface area contributed by atoms with Gasteiger partial charge in [0.2, 0.25) is 11.8 Å². The average molecular weight is 292 g/mol. The molecule has 19 heavy (non-hydrogen) atoms. The molecule has 2 fully saturated rings. The highest BCUT2D eigenvalue weighted by Gasteiger charge is 2.30. The van der Waals surface area contributed by atoms with Crippen molar-refractivity contribution in [2.24, 2.45) is 0 Å². The molecule has 2 heterocycles. The lowest BCUT2D eigenvalue weighted by Gasteiger charge is -2.34. The van der Waals surface area contributed by atoms with Gasteiger partial charge in [-0.05, 0) is 19.4 Å². The number of carbonyl (C=O) groups is 2. The largest absolute Gasteiger partial charge is 0.373 e. The lowest BCUT2D eigenvalue weighted by atomic mass is 10.1. The first-order valence-electron chi connectivity index (χ1n) is 6.55. The minimum absolute atomic E-state index is 0. The summed E-state index contributed by atoms with van der Waals surface area (Å²) in [6.45, 7) is 4.63. The summed E-state index contributed by atoms with van der Waals surface area (Å²) in [5.41, 5.74) is 0. The summed E-state index contributed by atoms with van der Waals surface area (Å²) in [6.07, 6.45) is 1.90. The molecule has 0 aromatic heterocycles. The molecule has 0 aliphatic carbocycles. The molecule has 0 radical (unpaired) electrons. The van der Waals surface area contributed by atoms with Crippen molar-refractivity contribution in [3.05, 3.63) is 0 Å². The molecule has 2 rings (SSSR count). The predicted octanol–water partition coefficient (Wildman–Crippen LogP) is -0.476. The Hall–Kier alpha value is -0.850. The van der Waals surface area contributed by atoms with Crippen LogP contribution in [0.5, 0.6) is 0 Å². The number of hydrogen-bond donors (Lipinski definition) is 2. The van der Waals surface area contributed by atoms with E-state index in [4.69, 9.17) is 4.74 Å². The number of hydrogen-bond acceptors (Lipinski definition) is 4. The van der Waals surface area contributed by atoms with Crippen molar-refractivity contribution in [2.75, 3.05) is 32.8 Å². The zero-order valence-electron chi connectivity index (χ0n) is 11.2. The van der Waals surface area contributed by atoms with Gasteiger partial charge in [0.1, 0.15) is 0 Å². The van der Waals surface area contributed by atoms with Crippen LogP contribution in [0.25, 0.3) is 0 Å². The molecule has 2 aliphatic rings. The highest BCUT2D eigenvalue weighted by Crippen LogP contribution is 2.12. The molecule has 2 atom stereocenters. The molecule has 2 amide bonds. The lowest BCUT2D eigenvalue weighted by molar-refractivity contribution is -0.140. The monoisotopic (exact) mass is 291 g/mol. The number of ether oxygens (including phenoxy) is 1. The third-order valence-electron chi connectivity index (χ3n) is 3.39. The maximum absolute atomic E-state index is 12.2. The van der Waals surface area contributed by atoms with E-state index in [1.165, 1.54) is 6.92 Å². The van der Waals surface area contributed by atoms with Crippen LogP contribution >= 0.6 is 12.4 Å². The fraction of sp³-hybridized carbons (Fsp3) is 0.833. The number of halogens is 1. The lowest BCUT2D eigenvalue weighted by Crippen LogP contribution is -2.53. The van der Waals surface area contributed by atoms with Gasteiger partial charge in [0.05, 0.1) is 18.8 Å². The molecule has 7 heteroatoms. The van der Waals surface area contributed by atoms with Crippen LogP contribution in [0.3, 0.4) is 0 Å². The Kier molecular flexibility index (Phi) is 6.54. The number of carbonyl (C=O) groups excluding carboxylic acids is 2. The van der Waals surface area contributed by atoms with Crippen molar-refractivity contribution in [3.8, 4) is 0 Å². The number of amides is 2. The zero-order valence-corrected chi connectivity index (χ0v) is 12.0. The van der Waals surface area contributed by atoms with Crippen LogP contribution < -0.4 is 10.6 Å². The van der Waals surface area contributed by atoms with Crippen LogP contribution in [0.1, 0.15) is 19.8 Å². The third-order valence-corrected chi connectivity index (χ3v) is 3.39. The van der Waals surface area contributed by atoms with E-state index in [1.54, 1.807) is 0 Å². The molecule has 6 nitrogen and oxygen atoms in total. The Morgan fingerprint density at radius 2 is 2.26 bits per heavy atom. The van der Waals surface area contributed by atoms with Crippen LogP contribution in [0, 0.1) is 0 Å². The van der Waals surface area contributed by atoms with Crippen LogP contribution in [0.2, 0.25) is 0 Å². The molecule has 0 aromatic rings. The maximum Gasteiger partial charge on any atom is 0.239 e. The first-order valence-corrected chi connectivity index (χ1v) is 6.55. The predicted molar refractivity (Wildman–Crippen MR) is 73.3 cm³/mol. The minimum atomic E-state index is -0.0898. The zero-order chi connectivity index (χ0) is 13.0. The van der Waals surface area contributed by atoms with E-state index in [0.29, 0.717) is 26.2 Å². The average Bonchev–Trinajstić information content (AvgIpc) is 2.89. The fourth-order valence-corrected chi connectivity index (χ4v) is 2.42. The second-order valence-electron chi connectivity index (χ2n) is 4.86. The van der Waals surface area contributed by atoms with Gasteiger partial charge in [0, 0.05) is 26.6 Å². The Morgan fingerprint density at radius 3 is 2.89 bits per heavy atom. The summed E-state index contributed by atoms with van der Waals surface area (Å²) in [6, 6.07) is -0.0236. The normalized spacial score (nSPS) is 26.7. The number of nitrogens with zero attached hydrogens (tertiary/aromatic N) is 1. The first-order chi connectivity index (χ1) is 8.66. The van der Waals surface area contributed by atoms with Gasteiger partial charge in [0.25, 0.3) is 0 Å². The highest BCUT2D eigenvalue weighted by molar-refractivity contribution is 5.85. The summed E-state index contributed by atoms with van der Waals surface area (Å²) in [7, 11) is 0. The van der Waals surface area contributed by atoms with Gasteiger partial charge in [0.15, 0.2) is 0 Å². The van der Waals surface area contributed by atoms with E-state index >= 15 is 0 Å². The topological polar surface area (TPSA) is 70.7 Å². The molecular weight excluding hydrogens is 270 g/mol. The molecule has 0 aromatic carbocycles. The molecule has 110 valence electrons. The van der Waals surface area contributed by atoms with Crippen LogP contribution in [0.4, 0.5) is 0 Å². The summed E-state index contributed by atoms with van der Waals surface area (Å²) in [5, 5.41) is 5.94. The van der Waals surface area contributed by atoms with Crippen molar-refractivity contribution >= 4 is 24.2 Å². The molecule has 2 saturated heterocycles. The second-order valence-corrected chi connectivity index (χ2v) is 4.86. The Morgan fingerprint density at radius 1 is 1.47 bits per heavy atom. The van der Waals surface area contributed by atoms with Gasteiger partial charge < -0.3 is 20.3 Å². The van der Waals surface area contributed by atoms with Gasteiger partial charge in [-0.2, -0.15) is 0 Å². The minimum Gasteiger partial charge on any atom is -0.373 e. The Labute approximate surface area is 119 Å². The number of nitrogens with one attached hydrogen (secondary N) is 2. The Balaban J connectivity index is 0.00000180. The van der Waals surface area contributed by atoms with Crippen molar-refractivity contribution in [3.63, 3.8) is 0 Å².